The molecular weight excluding hydrogens is 503 g/mol. The Hall–Kier alpha value is -2.77. The fraction of sp³-hybridized carbons (Fsp3) is 0.458. The molecule has 188 valence electrons. The zero-order chi connectivity index (χ0) is 26.2. The van der Waals surface area contributed by atoms with Crippen LogP contribution in [0.5, 0.6) is 0 Å². The number of rotatable bonds is 5. The SMILES string of the molecule is COC(=O)[C@@](NC(=O)c1cccc(Cl)c1)(Nc1sc2c(c1C#N)CC[C@H](C(C)(C)C)C2)C(F)(F)F. The number of amides is 1. The van der Waals surface area contributed by atoms with Gasteiger partial charge in [-0.15, -0.1) is 11.3 Å². The van der Waals surface area contributed by atoms with Gasteiger partial charge in [0, 0.05) is 15.5 Å². The minimum absolute atomic E-state index is 0.0191. The second-order valence-electron chi connectivity index (χ2n) is 9.45. The maximum Gasteiger partial charge on any atom is 0.441 e. The van der Waals surface area contributed by atoms with Gasteiger partial charge in [0.05, 0.1) is 12.7 Å². The van der Waals surface area contributed by atoms with E-state index in [2.05, 4.69) is 30.8 Å². The van der Waals surface area contributed by atoms with E-state index in [4.69, 9.17) is 11.6 Å². The average molecular weight is 528 g/mol. The lowest BCUT2D eigenvalue weighted by Crippen LogP contribution is -2.69. The van der Waals surface area contributed by atoms with E-state index in [0.29, 0.717) is 18.4 Å². The summed E-state index contributed by atoms with van der Waals surface area (Å²) in [5, 5.41) is 13.7. The average Bonchev–Trinajstić information content (AvgIpc) is 3.12. The molecule has 1 amide bonds. The highest BCUT2D eigenvalue weighted by Crippen LogP contribution is 2.45. The van der Waals surface area contributed by atoms with E-state index in [1.807, 2.05) is 6.07 Å². The summed E-state index contributed by atoms with van der Waals surface area (Å²) in [5.74, 6) is -2.69. The Balaban J connectivity index is 2.08. The van der Waals surface area contributed by atoms with E-state index >= 15 is 0 Å². The van der Waals surface area contributed by atoms with Gasteiger partial charge < -0.3 is 15.4 Å². The molecule has 2 atom stereocenters. The lowest BCUT2D eigenvalue weighted by Gasteiger charge is -2.34. The Kier molecular flexibility index (Phi) is 7.44. The van der Waals surface area contributed by atoms with Crippen molar-refractivity contribution in [1.82, 2.24) is 5.32 Å². The Bertz CT molecular complexity index is 1180. The number of fused-ring (bicyclic) bond motifs is 1. The minimum Gasteiger partial charge on any atom is -0.466 e. The first-order valence-electron chi connectivity index (χ1n) is 10.8. The van der Waals surface area contributed by atoms with Gasteiger partial charge >= 0.3 is 17.8 Å². The number of anilines is 1. The molecule has 1 aliphatic rings. The number of esters is 1. The zero-order valence-electron chi connectivity index (χ0n) is 19.6. The highest BCUT2D eigenvalue weighted by Gasteiger charge is 2.64. The number of hydrogen-bond acceptors (Lipinski definition) is 6. The van der Waals surface area contributed by atoms with Crippen LogP contribution in [0.3, 0.4) is 0 Å². The van der Waals surface area contributed by atoms with Gasteiger partial charge in [0.15, 0.2) is 0 Å². The smallest absolute Gasteiger partial charge is 0.441 e. The Morgan fingerprint density at radius 1 is 1.26 bits per heavy atom. The molecule has 0 unspecified atom stereocenters. The number of nitrogens with one attached hydrogen (secondary N) is 2. The first-order chi connectivity index (χ1) is 16.2. The minimum atomic E-state index is -5.32. The topological polar surface area (TPSA) is 91.2 Å². The van der Waals surface area contributed by atoms with Crippen LogP contribution in [0.2, 0.25) is 5.02 Å². The van der Waals surface area contributed by atoms with Crippen LogP contribution in [0, 0.1) is 22.7 Å². The number of nitriles is 1. The van der Waals surface area contributed by atoms with Crippen LogP contribution < -0.4 is 10.6 Å². The predicted octanol–water partition coefficient (Wildman–Crippen LogP) is 5.70. The molecular formula is C24H25ClF3N3O3S. The van der Waals surface area contributed by atoms with Crippen molar-refractivity contribution in [2.24, 2.45) is 11.3 Å². The predicted molar refractivity (Wildman–Crippen MR) is 127 cm³/mol. The molecule has 2 aromatic rings. The van der Waals surface area contributed by atoms with Gasteiger partial charge in [-0.2, -0.15) is 18.4 Å². The third-order valence-electron chi connectivity index (χ3n) is 6.21. The van der Waals surface area contributed by atoms with Crippen molar-refractivity contribution in [1.29, 1.82) is 5.26 Å². The standard InChI is InChI=1S/C24H25ClF3N3O3S/c1-22(2,3)14-8-9-16-17(12-29)20(35-18(16)11-14)31-23(21(33)34-4,24(26,27)28)30-19(32)13-6-5-7-15(25)10-13/h5-7,10,14,31H,8-9,11H2,1-4H3,(H,30,32)/t14-,23+/m0/s1. The number of alkyl halides is 3. The van der Waals surface area contributed by atoms with Crippen LogP contribution in [0.4, 0.5) is 18.2 Å². The summed E-state index contributed by atoms with van der Waals surface area (Å²) in [7, 11) is 0.786. The molecule has 2 N–H and O–H groups in total. The fourth-order valence-corrected chi connectivity index (χ4v) is 5.64. The van der Waals surface area contributed by atoms with Gasteiger partial charge in [-0.05, 0) is 54.4 Å². The van der Waals surface area contributed by atoms with Gasteiger partial charge in [-0.25, -0.2) is 4.79 Å². The van der Waals surface area contributed by atoms with Crippen LogP contribution >= 0.6 is 22.9 Å². The van der Waals surface area contributed by atoms with Gasteiger partial charge in [-0.1, -0.05) is 38.4 Å². The van der Waals surface area contributed by atoms with Crippen molar-refractivity contribution in [3.05, 3.63) is 50.9 Å². The third kappa shape index (κ3) is 5.26. The number of nitrogens with zero attached hydrogens (tertiary/aromatic N) is 1. The highest BCUT2D eigenvalue weighted by molar-refractivity contribution is 7.16. The number of thiophene rings is 1. The second-order valence-corrected chi connectivity index (χ2v) is 11.0. The summed E-state index contributed by atoms with van der Waals surface area (Å²) in [5.41, 5.74) is -3.14. The molecule has 1 heterocycles. The van der Waals surface area contributed by atoms with Crippen molar-refractivity contribution in [2.45, 2.75) is 51.9 Å². The maximum absolute atomic E-state index is 14.5. The quantitative estimate of drug-likeness (QED) is 0.384. The fourth-order valence-electron chi connectivity index (χ4n) is 4.12. The normalized spacial score (nSPS) is 17.5. The van der Waals surface area contributed by atoms with Gasteiger partial charge in [-0.3, -0.25) is 4.79 Å². The number of hydrogen-bond donors (Lipinski definition) is 2. The van der Waals surface area contributed by atoms with E-state index in [1.165, 1.54) is 24.3 Å². The molecule has 6 nitrogen and oxygen atoms in total. The maximum atomic E-state index is 14.5. The molecule has 1 aromatic carbocycles. The first-order valence-corrected chi connectivity index (χ1v) is 12.0. The van der Waals surface area contributed by atoms with Crippen LogP contribution in [-0.2, 0) is 22.4 Å². The lowest BCUT2D eigenvalue weighted by atomic mass is 9.72. The monoisotopic (exact) mass is 527 g/mol. The van der Waals surface area contributed by atoms with Crippen molar-refractivity contribution >= 4 is 39.8 Å². The Morgan fingerprint density at radius 2 is 1.94 bits per heavy atom. The molecule has 0 aliphatic heterocycles. The van der Waals surface area contributed by atoms with Crippen LogP contribution in [0.25, 0.3) is 0 Å². The largest absolute Gasteiger partial charge is 0.466 e. The molecule has 0 saturated heterocycles. The third-order valence-corrected chi connectivity index (χ3v) is 7.61. The number of carbonyl (C=O) groups excluding carboxylic acids is 2. The molecule has 0 fully saturated rings. The van der Waals surface area contributed by atoms with E-state index < -0.39 is 23.7 Å². The van der Waals surface area contributed by atoms with Gasteiger partial charge in [0.1, 0.15) is 11.1 Å². The molecule has 11 heteroatoms. The van der Waals surface area contributed by atoms with Crippen LogP contribution in [0.15, 0.2) is 24.3 Å². The second kappa shape index (κ2) is 9.70. The molecule has 1 aliphatic carbocycles. The molecule has 0 saturated carbocycles. The summed E-state index contributed by atoms with van der Waals surface area (Å²) < 4.78 is 48.0. The number of ether oxygens (including phenoxy) is 1. The zero-order valence-corrected chi connectivity index (χ0v) is 21.2. The highest BCUT2D eigenvalue weighted by atomic mass is 35.5. The molecule has 0 spiro atoms. The van der Waals surface area contributed by atoms with Crippen molar-refractivity contribution in [2.75, 3.05) is 12.4 Å². The van der Waals surface area contributed by atoms with Crippen LogP contribution in [0.1, 0.15) is 53.6 Å². The summed E-state index contributed by atoms with van der Waals surface area (Å²) >= 11 is 6.86. The van der Waals surface area contributed by atoms with E-state index in [-0.39, 0.29) is 32.5 Å². The van der Waals surface area contributed by atoms with Crippen molar-refractivity contribution in [3.8, 4) is 6.07 Å². The van der Waals surface area contributed by atoms with E-state index in [1.54, 1.807) is 5.32 Å². The van der Waals surface area contributed by atoms with Gasteiger partial charge in [0.2, 0.25) is 0 Å². The Labute approximate surface area is 210 Å². The van der Waals surface area contributed by atoms with E-state index in [0.717, 1.165) is 29.7 Å². The molecule has 3 rings (SSSR count). The molecule has 0 bridgehead atoms. The number of methoxy groups -OCH3 is 1. The summed E-state index contributed by atoms with van der Waals surface area (Å²) in [6.45, 7) is 6.29. The van der Waals surface area contributed by atoms with Crippen molar-refractivity contribution < 1.29 is 27.5 Å². The Morgan fingerprint density at radius 3 is 2.49 bits per heavy atom. The van der Waals surface area contributed by atoms with Crippen LogP contribution in [-0.4, -0.2) is 30.8 Å². The summed E-state index contributed by atoms with van der Waals surface area (Å²) in [6, 6.07) is 7.26. The van der Waals surface area contributed by atoms with Gasteiger partial charge in [0.25, 0.3) is 5.91 Å². The van der Waals surface area contributed by atoms with Crippen molar-refractivity contribution in [3.63, 3.8) is 0 Å². The van der Waals surface area contributed by atoms with E-state index in [9.17, 15) is 28.0 Å². The molecule has 1 aromatic heterocycles. The first kappa shape index (κ1) is 26.8. The molecule has 0 radical (unpaired) electrons. The number of benzene rings is 1. The number of carbonyl (C=O) groups is 2. The summed E-state index contributed by atoms with van der Waals surface area (Å²) in [6.07, 6.45) is -3.40. The molecule has 35 heavy (non-hydrogen) atoms. The summed E-state index contributed by atoms with van der Waals surface area (Å²) in [4.78, 5) is 26.2. The number of halogens is 4. The lowest BCUT2D eigenvalue weighted by molar-refractivity contribution is -0.203.